The number of rotatable bonds is 4. The average Bonchev–Trinajstić information content (AvgIpc) is 3.60. The van der Waals surface area contributed by atoms with Crippen LogP contribution < -0.4 is 10.2 Å². The molecule has 7 nitrogen and oxygen atoms in total. The van der Waals surface area contributed by atoms with Gasteiger partial charge in [-0.3, -0.25) is 9.69 Å². The molecule has 37 heavy (non-hydrogen) atoms. The molecule has 3 heterocycles. The first-order valence-corrected chi connectivity index (χ1v) is 12.3. The largest absolute Gasteiger partial charge is 0.490 e. The zero-order chi connectivity index (χ0) is 26.7. The van der Waals surface area contributed by atoms with Crippen LogP contribution in [0.15, 0.2) is 48.7 Å². The second-order valence-electron chi connectivity index (χ2n) is 9.65. The number of amides is 1. The fourth-order valence-corrected chi connectivity index (χ4v) is 5.12. The number of carbonyl (C=O) groups is 2. The third kappa shape index (κ3) is 6.25. The molecule has 2 aromatic carbocycles. The molecule has 0 bridgehead atoms. The standard InChI is InChI=1S/C25H30N4O.C2HF3O2/c1-17-14-21(28-13-10-22(16-28)29-12-3-4-18(29)2)6-8-23(17)27-25(30)20-5-7-24-19(15-20)9-11-26-24;3-2(4,5)1(6)7/h5-9,11,14-15,18,22,26H,3-4,10,12-13,16H2,1-2H3,(H,27,30);(H,6,7)/t18-,22-;/m0./s1. The number of aromatic nitrogens is 1. The highest BCUT2D eigenvalue weighted by molar-refractivity contribution is 6.06. The number of aliphatic carboxylic acids is 1. The molecule has 2 aliphatic heterocycles. The predicted molar refractivity (Wildman–Crippen MR) is 137 cm³/mol. The SMILES string of the molecule is Cc1cc(N2CC[C@H](N3CCC[C@@H]3C)C2)ccc1NC(=O)c1ccc2[nH]ccc2c1.O=C(O)C(F)(F)F. The van der Waals surface area contributed by atoms with Crippen molar-refractivity contribution in [3.8, 4) is 0 Å². The molecule has 0 radical (unpaired) electrons. The first kappa shape index (κ1) is 26.5. The lowest BCUT2D eigenvalue weighted by Crippen LogP contribution is -2.39. The van der Waals surface area contributed by atoms with Gasteiger partial charge in [0.2, 0.25) is 0 Å². The number of hydrogen-bond donors (Lipinski definition) is 3. The second-order valence-corrected chi connectivity index (χ2v) is 9.65. The van der Waals surface area contributed by atoms with Crippen molar-refractivity contribution in [3.05, 3.63) is 59.8 Å². The summed E-state index contributed by atoms with van der Waals surface area (Å²) in [4.78, 5) is 30.0. The number of alkyl halides is 3. The van der Waals surface area contributed by atoms with Gasteiger partial charge in [-0.2, -0.15) is 13.2 Å². The molecule has 198 valence electrons. The van der Waals surface area contributed by atoms with Crippen LogP contribution in [-0.2, 0) is 4.79 Å². The minimum Gasteiger partial charge on any atom is -0.475 e. The van der Waals surface area contributed by atoms with Crippen molar-refractivity contribution in [3.63, 3.8) is 0 Å². The van der Waals surface area contributed by atoms with Crippen LogP contribution in [0.4, 0.5) is 24.5 Å². The summed E-state index contributed by atoms with van der Waals surface area (Å²) in [6, 6.07) is 15.5. The highest BCUT2D eigenvalue weighted by Crippen LogP contribution is 2.30. The van der Waals surface area contributed by atoms with E-state index >= 15 is 0 Å². The Morgan fingerprint density at radius 1 is 1.08 bits per heavy atom. The first-order valence-electron chi connectivity index (χ1n) is 12.3. The predicted octanol–water partition coefficient (Wildman–Crippen LogP) is 5.42. The van der Waals surface area contributed by atoms with E-state index in [1.54, 1.807) is 0 Å². The van der Waals surface area contributed by atoms with Crippen molar-refractivity contribution in [2.45, 2.75) is 51.4 Å². The van der Waals surface area contributed by atoms with Crippen molar-refractivity contribution < 1.29 is 27.9 Å². The molecule has 5 rings (SSSR count). The molecular formula is C27H31F3N4O3. The molecule has 10 heteroatoms. The first-order chi connectivity index (χ1) is 17.5. The maximum absolute atomic E-state index is 12.8. The van der Waals surface area contributed by atoms with E-state index < -0.39 is 12.1 Å². The number of benzene rings is 2. The Labute approximate surface area is 213 Å². The third-order valence-corrected chi connectivity index (χ3v) is 7.12. The molecule has 3 N–H and O–H groups in total. The van der Waals surface area contributed by atoms with Gasteiger partial charge in [0.1, 0.15) is 0 Å². The van der Waals surface area contributed by atoms with E-state index in [1.807, 2.05) is 36.5 Å². The van der Waals surface area contributed by atoms with Crippen LogP contribution in [0.1, 0.15) is 42.1 Å². The van der Waals surface area contributed by atoms with E-state index in [2.05, 4.69) is 46.1 Å². The number of nitrogens with one attached hydrogen (secondary N) is 2. The van der Waals surface area contributed by atoms with Gasteiger partial charge in [0.25, 0.3) is 5.91 Å². The van der Waals surface area contributed by atoms with Gasteiger partial charge in [0, 0.05) is 59.2 Å². The van der Waals surface area contributed by atoms with Crippen LogP contribution in [0.5, 0.6) is 0 Å². The molecule has 0 aliphatic carbocycles. The fourth-order valence-electron chi connectivity index (χ4n) is 5.12. The number of H-pyrrole nitrogens is 1. The number of aryl methyl sites for hydroxylation is 1. The van der Waals surface area contributed by atoms with Gasteiger partial charge in [-0.15, -0.1) is 0 Å². The Morgan fingerprint density at radius 2 is 1.84 bits per heavy atom. The normalized spacial score (nSPS) is 20.1. The van der Waals surface area contributed by atoms with Gasteiger partial charge < -0.3 is 20.3 Å². The molecule has 0 unspecified atom stereocenters. The number of likely N-dealkylation sites (tertiary alicyclic amines) is 1. The second kappa shape index (κ2) is 10.8. The monoisotopic (exact) mass is 516 g/mol. The van der Waals surface area contributed by atoms with Gasteiger partial charge in [-0.1, -0.05) is 0 Å². The molecule has 3 aromatic rings. The van der Waals surface area contributed by atoms with Crippen molar-refractivity contribution in [2.24, 2.45) is 0 Å². The van der Waals surface area contributed by atoms with E-state index in [4.69, 9.17) is 9.90 Å². The van der Waals surface area contributed by atoms with Crippen LogP contribution in [0, 0.1) is 6.92 Å². The highest BCUT2D eigenvalue weighted by atomic mass is 19.4. The molecule has 2 fully saturated rings. The topological polar surface area (TPSA) is 88.7 Å². The van der Waals surface area contributed by atoms with Gasteiger partial charge in [-0.05, 0) is 87.7 Å². The maximum Gasteiger partial charge on any atom is 0.490 e. The number of carboxylic acids is 1. The van der Waals surface area contributed by atoms with Gasteiger partial charge in [0.05, 0.1) is 0 Å². The number of anilines is 2. The van der Waals surface area contributed by atoms with Crippen LogP contribution in [0.25, 0.3) is 10.9 Å². The molecule has 1 amide bonds. The summed E-state index contributed by atoms with van der Waals surface area (Å²) in [5.41, 5.74) is 4.95. The van der Waals surface area contributed by atoms with E-state index in [0.717, 1.165) is 41.3 Å². The minimum absolute atomic E-state index is 0.0711. The Morgan fingerprint density at radius 3 is 2.49 bits per heavy atom. The molecule has 2 aliphatic rings. The number of carboxylic acid groups (broad SMARTS) is 1. The van der Waals surface area contributed by atoms with Crippen LogP contribution >= 0.6 is 0 Å². The fraction of sp³-hybridized carbons (Fsp3) is 0.407. The van der Waals surface area contributed by atoms with Crippen molar-refractivity contribution in [2.75, 3.05) is 29.9 Å². The van der Waals surface area contributed by atoms with Crippen molar-refractivity contribution in [1.29, 1.82) is 0 Å². The number of fused-ring (bicyclic) bond motifs is 1. The molecule has 2 atom stereocenters. The van der Waals surface area contributed by atoms with E-state index in [0.29, 0.717) is 11.6 Å². The summed E-state index contributed by atoms with van der Waals surface area (Å²) in [5.74, 6) is -2.83. The lowest BCUT2D eigenvalue weighted by Gasteiger charge is -2.28. The Hall–Kier alpha value is -3.53. The molecule has 0 spiro atoms. The number of hydrogen-bond acceptors (Lipinski definition) is 4. The Kier molecular flexibility index (Phi) is 7.77. The number of halogens is 3. The summed E-state index contributed by atoms with van der Waals surface area (Å²) in [6.07, 6.45) is 0.717. The van der Waals surface area contributed by atoms with Gasteiger partial charge in [-0.25, -0.2) is 4.79 Å². The number of carbonyl (C=O) groups excluding carboxylic acids is 1. The summed E-state index contributed by atoms with van der Waals surface area (Å²) in [7, 11) is 0. The zero-order valence-corrected chi connectivity index (χ0v) is 20.8. The Balaban J connectivity index is 0.000000405. The number of aromatic amines is 1. The van der Waals surface area contributed by atoms with Crippen LogP contribution in [0.2, 0.25) is 0 Å². The summed E-state index contributed by atoms with van der Waals surface area (Å²) in [5, 5.41) is 11.3. The lowest BCUT2D eigenvalue weighted by molar-refractivity contribution is -0.192. The van der Waals surface area contributed by atoms with Crippen LogP contribution in [0.3, 0.4) is 0 Å². The molecular weight excluding hydrogens is 485 g/mol. The third-order valence-electron chi connectivity index (χ3n) is 7.12. The summed E-state index contributed by atoms with van der Waals surface area (Å²) >= 11 is 0. The maximum atomic E-state index is 12.8. The molecule has 2 saturated heterocycles. The quantitative estimate of drug-likeness (QED) is 0.431. The number of nitrogens with zero attached hydrogens (tertiary/aromatic N) is 2. The summed E-state index contributed by atoms with van der Waals surface area (Å²) in [6.45, 7) is 7.90. The van der Waals surface area contributed by atoms with Gasteiger partial charge in [0.15, 0.2) is 0 Å². The van der Waals surface area contributed by atoms with Crippen LogP contribution in [-0.4, -0.2) is 64.8 Å². The van der Waals surface area contributed by atoms with E-state index in [-0.39, 0.29) is 5.91 Å². The van der Waals surface area contributed by atoms with Gasteiger partial charge >= 0.3 is 12.1 Å². The Bertz CT molecular complexity index is 1270. The van der Waals surface area contributed by atoms with Crippen molar-refractivity contribution >= 4 is 34.2 Å². The average molecular weight is 517 g/mol. The van der Waals surface area contributed by atoms with E-state index in [1.165, 1.54) is 31.5 Å². The minimum atomic E-state index is -5.08. The highest BCUT2D eigenvalue weighted by Gasteiger charge is 2.38. The summed E-state index contributed by atoms with van der Waals surface area (Å²) < 4.78 is 31.7. The molecule has 1 aromatic heterocycles. The lowest BCUT2D eigenvalue weighted by atomic mass is 10.1. The smallest absolute Gasteiger partial charge is 0.475 e. The molecule has 0 saturated carbocycles. The zero-order valence-electron chi connectivity index (χ0n) is 20.8. The van der Waals surface area contributed by atoms with E-state index in [9.17, 15) is 18.0 Å². The van der Waals surface area contributed by atoms with Crippen molar-refractivity contribution in [1.82, 2.24) is 9.88 Å².